The molecule has 0 radical (unpaired) electrons. The first kappa shape index (κ1) is 14.8. The Morgan fingerprint density at radius 1 is 1.13 bits per heavy atom. The van der Waals surface area contributed by atoms with E-state index in [0.717, 1.165) is 24.4 Å². The van der Waals surface area contributed by atoms with Crippen LogP contribution < -0.4 is 0 Å². The first-order chi connectivity index (χ1) is 7.05. The summed E-state index contributed by atoms with van der Waals surface area (Å²) < 4.78 is 6.10. The van der Waals surface area contributed by atoms with Gasteiger partial charge in [-0.3, -0.25) is 0 Å². The highest BCUT2D eigenvalue weighted by molar-refractivity contribution is 6.73. The van der Waals surface area contributed by atoms with Crippen molar-refractivity contribution in [1.82, 2.24) is 0 Å². The average Bonchev–Trinajstić information content (AvgIpc) is 2.25. The standard InChI is InChI=1S/C12H26O2Si/c1-6-15(7-2,8-3)14-10-12(9-13)11(4)5/h9,11-12H,6-8,10H2,1-5H3. The molecule has 3 heteroatoms. The highest BCUT2D eigenvalue weighted by Crippen LogP contribution is 2.23. The fourth-order valence-electron chi connectivity index (χ4n) is 1.72. The van der Waals surface area contributed by atoms with Crippen LogP contribution in [0.5, 0.6) is 0 Å². The van der Waals surface area contributed by atoms with Gasteiger partial charge in [-0.2, -0.15) is 0 Å². The Bertz CT molecular complexity index is 168. The van der Waals surface area contributed by atoms with Crippen molar-refractivity contribution in [3.63, 3.8) is 0 Å². The van der Waals surface area contributed by atoms with Gasteiger partial charge in [0.15, 0.2) is 8.32 Å². The molecule has 0 saturated heterocycles. The molecule has 15 heavy (non-hydrogen) atoms. The van der Waals surface area contributed by atoms with Crippen LogP contribution in [-0.4, -0.2) is 21.2 Å². The van der Waals surface area contributed by atoms with Crippen molar-refractivity contribution in [3.8, 4) is 0 Å². The molecule has 2 nitrogen and oxygen atoms in total. The van der Waals surface area contributed by atoms with E-state index in [2.05, 4.69) is 34.6 Å². The minimum atomic E-state index is -1.50. The van der Waals surface area contributed by atoms with Gasteiger partial charge in [0.2, 0.25) is 0 Å². The second-order valence-corrected chi connectivity index (χ2v) is 9.37. The first-order valence-electron chi connectivity index (χ1n) is 6.14. The summed E-state index contributed by atoms with van der Waals surface area (Å²) in [5.74, 6) is 0.460. The van der Waals surface area contributed by atoms with E-state index in [9.17, 15) is 4.79 Å². The maximum absolute atomic E-state index is 10.9. The van der Waals surface area contributed by atoms with E-state index in [1.165, 1.54) is 0 Å². The fraction of sp³-hybridized carbons (Fsp3) is 0.917. The summed E-state index contributed by atoms with van der Waals surface area (Å²) >= 11 is 0. The van der Waals surface area contributed by atoms with Gasteiger partial charge < -0.3 is 9.22 Å². The van der Waals surface area contributed by atoms with E-state index in [0.29, 0.717) is 12.5 Å². The number of hydrogen-bond acceptors (Lipinski definition) is 2. The van der Waals surface area contributed by atoms with Crippen LogP contribution in [0.2, 0.25) is 18.1 Å². The van der Waals surface area contributed by atoms with Crippen LogP contribution in [0.25, 0.3) is 0 Å². The molecule has 0 N–H and O–H groups in total. The van der Waals surface area contributed by atoms with Gasteiger partial charge in [0, 0.05) is 12.5 Å². The van der Waals surface area contributed by atoms with Crippen molar-refractivity contribution in [2.45, 2.75) is 52.8 Å². The third-order valence-electron chi connectivity index (χ3n) is 3.55. The Labute approximate surface area is 95.5 Å². The Morgan fingerprint density at radius 3 is 1.87 bits per heavy atom. The van der Waals surface area contributed by atoms with Crippen LogP contribution in [0.1, 0.15) is 34.6 Å². The number of aldehydes is 1. The third kappa shape index (κ3) is 4.47. The Kier molecular flexibility index (Phi) is 7.10. The summed E-state index contributed by atoms with van der Waals surface area (Å²) in [5.41, 5.74) is 0. The molecule has 0 aliphatic heterocycles. The molecule has 90 valence electrons. The Morgan fingerprint density at radius 2 is 1.60 bits per heavy atom. The van der Waals surface area contributed by atoms with Crippen LogP contribution in [0, 0.1) is 11.8 Å². The molecule has 1 atom stereocenters. The first-order valence-corrected chi connectivity index (χ1v) is 8.67. The maximum atomic E-state index is 10.9. The van der Waals surface area contributed by atoms with Gasteiger partial charge >= 0.3 is 0 Å². The van der Waals surface area contributed by atoms with Gasteiger partial charge in [-0.25, -0.2) is 0 Å². The molecule has 0 aliphatic rings. The molecule has 0 aromatic rings. The highest BCUT2D eigenvalue weighted by atomic mass is 28.4. The van der Waals surface area contributed by atoms with Crippen LogP contribution >= 0.6 is 0 Å². The molecule has 0 amide bonds. The molecule has 0 aliphatic carbocycles. The molecular weight excluding hydrogens is 204 g/mol. The molecule has 0 saturated carbocycles. The molecule has 0 aromatic heterocycles. The smallest absolute Gasteiger partial charge is 0.192 e. The molecule has 0 heterocycles. The van der Waals surface area contributed by atoms with Gasteiger partial charge in [0.1, 0.15) is 6.29 Å². The van der Waals surface area contributed by atoms with E-state index in [4.69, 9.17) is 4.43 Å². The van der Waals surface area contributed by atoms with E-state index in [1.54, 1.807) is 0 Å². The second-order valence-electron chi connectivity index (χ2n) is 4.60. The average molecular weight is 230 g/mol. The number of carbonyl (C=O) groups excluding carboxylic acids is 1. The number of rotatable bonds is 8. The summed E-state index contributed by atoms with van der Waals surface area (Å²) in [6.07, 6.45) is 1.05. The van der Waals surface area contributed by atoms with Crippen LogP contribution in [0.4, 0.5) is 0 Å². The predicted molar refractivity (Wildman–Crippen MR) is 67.5 cm³/mol. The second kappa shape index (κ2) is 7.18. The highest BCUT2D eigenvalue weighted by Gasteiger charge is 2.29. The van der Waals surface area contributed by atoms with Gasteiger partial charge in [0.25, 0.3) is 0 Å². The maximum Gasteiger partial charge on any atom is 0.192 e. The molecule has 0 fully saturated rings. The topological polar surface area (TPSA) is 26.3 Å². The summed E-state index contributed by atoms with van der Waals surface area (Å²) in [4.78, 5) is 10.9. The minimum Gasteiger partial charge on any atom is -0.416 e. The fourth-order valence-corrected chi connectivity index (χ4v) is 4.38. The van der Waals surface area contributed by atoms with Crippen LogP contribution in [0.15, 0.2) is 0 Å². The van der Waals surface area contributed by atoms with Crippen molar-refractivity contribution in [2.75, 3.05) is 6.61 Å². The Hall–Kier alpha value is -0.153. The minimum absolute atomic E-state index is 0.0709. The molecule has 1 unspecified atom stereocenters. The van der Waals surface area contributed by atoms with Crippen molar-refractivity contribution >= 4 is 14.6 Å². The lowest BCUT2D eigenvalue weighted by molar-refractivity contribution is -0.113. The van der Waals surface area contributed by atoms with Crippen LogP contribution in [-0.2, 0) is 9.22 Å². The van der Waals surface area contributed by atoms with Crippen molar-refractivity contribution in [2.24, 2.45) is 11.8 Å². The van der Waals surface area contributed by atoms with Gasteiger partial charge in [0.05, 0.1) is 0 Å². The van der Waals surface area contributed by atoms with Crippen molar-refractivity contribution in [3.05, 3.63) is 0 Å². The summed E-state index contributed by atoms with van der Waals surface area (Å²) in [6.45, 7) is 11.4. The summed E-state index contributed by atoms with van der Waals surface area (Å²) in [7, 11) is -1.50. The third-order valence-corrected chi connectivity index (χ3v) is 8.19. The molecular formula is C12H26O2Si. The van der Waals surface area contributed by atoms with E-state index < -0.39 is 8.32 Å². The summed E-state index contributed by atoms with van der Waals surface area (Å²) in [6, 6.07) is 3.47. The van der Waals surface area contributed by atoms with E-state index in [1.807, 2.05) is 0 Å². The number of hydrogen-bond donors (Lipinski definition) is 0. The lowest BCUT2D eigenvalue weighted by Crippen LogP contribution is -2.38. The predicted octanol–water partition coefficient (Wildman–Crippen LogP) is 3.48. The monoisotopic (exact) mass is 230 g/mol. The quantitative estimate of drug-likeness (QED) is 0.471. The van der Waals surface area contributed by atoms with Crippen molar-refractivity contribution < 1.29 is 9.22 Å². The number of carbonyl (C=O) groups is 1. The Balaban J connectivity index is 4.25. The molecule has 0 aromatic carbocycles. The van der Waals surface area contributed by atoms with Crippen LogP contribution in [0.3, 0.4) is 0 Å². The zero-order chi connectivity index (χ0) is 11.9. The normalized spacial score (nSPS) is 14.3. The molecule has 0 rings (SSSR count). The molecule has 0 bridgehead atoms. The lowest BCUT2D eigenvalue weighted by Gasteiger charge is -2.30. The van der Waals surface area contributed by atoms with E-state index in [-0.39, 0.29) is 5.92 Å². The van der Waals surface area contributed by atoms with Gasteiger partial charge in [-0.05, 0) is 24.1 Å². The van der Waals surface area contributed by atoms with Crippen molar-refractivity contribution in [1.29, 1.82) is 0 Å². The SMILES string of the molecule is CC[Si](CC)(CC)OCC(C=O)C(C)C. The largest absolute Gasteiger partial charge is 0.416 e. The molecule has 0 spiro atoms. The zero-order valence-electron chi connectivity index (χ0n) is 10.9. The lowest BCUT2D eigenvalue weighted by atomic mass is 9.99. The van der Waals surface area contributed by atoms with E-state index >= 15 is 0 Å². The van der Waals surface area contributed by atoms with Gasteiger partial charge in [-0.1, -0.05) is 34.6 Å². The zero-order valence-corrected chi connectivity index (χ0v) is 11.9. The van der Waals surface area contributed by atoms with Gasteiger partial charge in [-0.15, -0.1) is 0 Å². The summed E-state index contributed by atoms with van der Waals surface area (Å²) in [5, 5.41) is 0.